The predicted molar refractivity (Wildman–Crippen MR) is 127 cm³/mol. The van der Waals surface area contributed by atoms with Crippen molar-refractivity contribution in [2.75, 3.05) is 60.7 Å². The topological polar surface area (TPSA) is 58.1 Å². The van der Waals surface area contributed by atoms with Crippen molar-refractivity contribution in [3.05, 3.63) is 35.4 Å². The maximum atomic E-state index is 14.2. The minimum atomic E-state index is -0.546. The average Bonchev–Trinajstić information content (AvgIpc) is 2.71. The molecule has 2 N–H and O–H groups in total. The van der Waals surface area contributed by atoms with Crippen molar-refractivity contribution in [1.82, 2.24) is 15.5 Å². The van der Waals surface area contributed by atoms with Gasteiger partial charge in [0.1, 0.15) is 11.6 Å². The number of halogens is 3. The van der Waals surface area contributed by atoms with Crippen molar-refractivity contribution in [3.63, 3.8) is 0 Å². The molecule has 1 aliphatic heterocycles. The molecule has 9 heteroatoms. The van der Waals surface area contributed by atoms with Crippen LogP contribution in [0.5, 0.6) is 0 Å². The highest BCUT2D eigenvalue weighted by molar-refractivity contribution is 14.0. The van der Waals surface area contributed by atoms with E-state index < -0.39 is 17.7 Å². The van der Waals surface area contributed by atoms with Crippen LogP contribution in [0.3, 0.4) is 0 Å². The zero-order valence-electron chi connectivity index (χ0n) is 18.1. The lowest BCUT2D eigenvalue weighted by Crippen LogP contribution is -2.42. The molecule has 2 rings (SSSR count). The van der Waals surface area contributed by atoms with Crippen molar-refractivity contribution in [3.8, 4) is 0 Å². The van der Waals surface area contributed by atoms with Gasteiger partial charge in [0.25, 0.3) is 0 Å². The third kappa shape index (κ3) is 8.99. The second-order valence-electron chi connectivity index (χ2n) is 7.48. The van der Waals surface area contributed by atoms with Gasteiger partial charge in [-0.15, -0.1) is 24.0 Å². The summed E-state index contributed by atoms with van der Waals surface area (Å²) in [5.74, 6) is 0.108. The first-order chi connectivity index (χ1) is 14.0. The van der Waals surface area contributed by atoms with Crippen LogP contribution in [0.4, 0.5) is 8.78 Å². The summed E-state index contributed by atoms with van der Waals surface area (Å²) in [4.78, 5) is 5.97. The number of likely N-dealkylation sites (N-methyl/N-ethyl adjacent to an activating group) is 1. The molecule has 1 aromatic carbocycles. The Bertz CT molecular complexity index is 623. The lowest BCUT2D eigenvalue weighted by Gasteiger charge is -2.26. The molecular weight excluding hydrogens is 505 g/mol. The first kappa shape index (κ1) is 27.0. The van der Waals surface area contributed by atoms with E-state index in [0.29, 0.717) is 31.6 Å². The molecule has 1 fully saturated rings. The fourth-order valence-corrected chi connectivity index (χ4v) is 3.33. The number of guanidine groups is 1. The molecule has 1 saturated heterocycles. The summed E-state index contributed by atoms with van der Waals surface area (Å²) < 4.78 is 39.4. The molecule has 1 atom stereocenters. The van der Waals surface area contributed by atoms with E-state index in [1.54, 1.807) is 26.0 Å². The lowest BCUT2D eigenvalue weighted by atomic mass is 10.0. The normalized spacial score (nSPS) is 16.3. The Morgan fingerprint density at radius 1 is 1.23 bits per heavy atom. The van der Waals surface area contributed by atoms with E-state index in [0.717, 1.165) is 39.1 Å². The largest absolute Gasteiger partial charge is 0.381 e. The van der Waals surface area contributed by atoms with Crippen LogP contribution in [-0.4, -0.2) is 71.5 Å². The van der Waals surface area contributed by atoms with Gasteiger partial charge in [-0.2, -0.15) is 0 Å². The Hall–Kier alpha value is -1.04. The molecule has 30 heavy (non-hydrogen) atoms. The van der Waals surface area contributed by atoms with Crippen LogP contribution >= 0.6 is 24.0 Å². The molecule has 1 aromatic rings. The molecule has 0 radical (unpaired) electrons. The van der Waals surface area contributed by atoms with Crippen LogP contribution in [0.15, 0.2) is 23.2 Å². The van der Waals surface area contributed by atoms with E-state index in [2.05, 4.69) is 15.6 Å². The van der Waals surface area contributed by atoms with Crippen molar-refractivity contribution in [2.24, 2.45) is 10.9 Å². The van der Waals surface area contributed by atoms with Crippen LogP contribution < -0.4 is 10.6 Å². The third-order valence-corrected chi connectivity index (χ3v) is 5.10. The summed E-state index contributed by atoms with van der Waals surface area (Å²) in [5, 5.41) is 6.37. The van der Waals surface area contributed by atoms with Gasteiger partial charge in [-0.3, -0.25) is 4.99 Å². The molecule has 0 amide bonds. The monoisotopic (exact) mass is 540 g/mol. The first-order valence-electron chi connectivity index (χ1n) is 10.2. The van der Waals surface area contributed by atoms with Crippen LogP contribution in [0.2, 0.25) is 0 Å². The molecule has 6 nitrogen and oxygen atoms in total. The summed E-state index contributed by atoms with van der Waals surface area (Å²) >= 11 is 0. The smallest absolute Gasteiger partial charge is 0.191 e. The number of nitrogens with zero attached hydrogens (tertiary/aromatic N) is 2. The maximum Gasteiger partial charge on any atom is 0.191 e. The molecule has 1 unspecified atom stereocenters. The summed E-state index contributed by atoms with van der Waals surface area (Å²) in [6.45, 7) is 4.17. The number of hydrogen-bond acceptors (Lipinski definition) is 4. The molecule has 0 aromatic heterocycles. The van der Waals surface area contributed by atoms with E-state index in [1.165, 1.54) is 18.2 Å². The number of benzene rings is 1. The number of hydrogen-bond donors (Lipinski definition) is 2. The van der Waals surface area contributed by atoms with Gasteiger partial charge in [-0.25, -0.2) is 8.78 Å². The second-order valence-corrected chi connectivity index (χ2v) is 7.48. The predicted octanol–water partition coefficient (Wildman–Crippen LogP) is 3.18. The zero-order valence-corrected chi connectivity index (χ0v) is 20.5. The molecule has 0 spiro atoms. The van der Waals surface area contributed by atoms with Crippen LogP contribution in [0.25, 0.3) is 0 Å². The van der Waals surface area contributed by atoms with E-state index in [9.17, 15) is 8.78 Å². The highest BCUT2D eigenvalue weighted by Crippen LogP contribution is 2.23. The van der Waals surface area contributed by atoms with Crippen molar-refractivity contribution in [1.29, 1.82) is 0 Å². The average molecular weight is 540 g/mol. The minimum Gasteiger partial charge on any atom is -0.381 e. The van der Waals surface area contributed by atoms with E-state index in [1.807, 2.05) is 0 Å². The third-order valence-electron chi connectivity index (χ3n) is 5.10. The Morgan fingerprint density at radius 2 is 1.90 bits per heavy atom. The molecular formula is C21H35F2IN4O2. The molecule has 0 saturated carbocycles. The minimum absolute atomic E-state index is 0. The molecule has 1 aliphatic rings. The maximum absolute atomic E-state index is 14.2. The van der Waals surface area contributed by atoms with Crippen molar-refractivity contribution < 1.29 is 18.3 Å². The Labute approximate surface area is 195 Å². The summed E-state index contributed by atoms with van der Waals surface area (Å²) in [7, 11) is 5.26. The van der Waals surface area contributed by atoms with Gasteiger partial charge in [0, 0.05) is 52.1 Å². The SMILES string of the molecule is CN=C(NCCCOCC1CCOCC1)NCC(c1c(F)cccc1F)N(C)C.I. The van der Waals surface area contributed by atoms with Crippen LogP contribution in [0, 0.1) is 17.6 Å². The van der Waals surface area contributed by atoms with Gasteiger partial charge in [0.2, 0.25) is 0 Å². The van der Waals surface area contributed by atoms with Crippen LogP contribution in [-0.2, 0) is 9.47 Å². The summed E-state index contributed by atoms with van der Waals surface area (Å²) in [6, 6.07) is 3.47. The van der Waals surface area contributed by atoms with E-state index in [-0.39, 0.29) is 29.5 Å². The molecule has 0 aliphatic carbocycles. The molecule has 172 valence electrons. The summed E-state index contributed by atoms with van der Waals surface area (Å²) in [5.41, 5.74) is 0.0574. The Kier molecular flexibility index (Phi) is 13.4. The number of nitrogens with one attached hydrogen (secondary N) is 2. The van der Waals surface area contributed by atoms with Crippen molar-refractivity contribution >= 4 is 29.9 Å². The van der Waals surface area contributed by atoms with Gasteiger partial charge in [-0.05, 0) is 51.4 Å². The van der Waals surface area contributed by atoms with Gasteiger partial charge >= 0.3 is 0 Å². The van der Waals surface area contributed by atoms with Crippen LogP contribution in [0.1, 0.15) is 30.9 Å². The number of aliphatic imine (C=N–C) groups is 1. The fourth-order valence-electron chi connectivity index (χ4n) is 3.33. The lowest BCUT2D eigenvalue weighted by molar-refractivity contribution is 0.0203. The van der Waals surface area contributed by atoms with Gasteiger partial charge < -0.3 is 25.0 Å². The number of rotatable bonds is 10. The summed E-state index contributed by atoms with van der Waals surface area (Å²) in [6.07, 6.45) is 3.00. The zero-order chi connectivity index (χ0) is 21.1. The van der Waals surface area contributed by atoms with Gasteiger partial charge in [0.15, 0.2) is 5.96 Å². The Balaban J connectivity index is 0.00000450. The highest BCUT2D eigenvalue weighted by Gasteiger charge is 2.22. The second kappa shape index (κ2) is 14.9. The highest BCUT2D eigenvalue weighted by atomic mass is 127. The Morgan fingerprint density at radius 3 is 2.50 bits per heavy atom. The van der Waals surface area contributed by atoms with Gasteiger partial charge in [0.05, 0.1) is 6.04 Å². The first-order valence-corrected chi connectivity index (χ1v) is 10.2. The van der Waals surface area contributed by atoms with E-state index in [4.69, 9.17) is 9.47 Å². The fraction of sp³-hybridized carbons (Fsp3) is 0.667. The standard InChI is InChI=1S/C21H34F2N4O2.HI/c1-24-21(25-10-5-11-29-15-16-8-12-28-13-9-16)26-14-19(27(2)3)20-17(22)6-4-7-18(20)23;/h4,6-7,16,19H,5,8-15H2,1-3H3,(H2,24,25,26);1H. The number of ether oxygens (including phenoxy) is 2. The van der Waals surface area contributed by atoms with Crippen molar-refractivity contribution in [2.45, 2.75) is 25.3 Å². The molecule has 0 bridgehead atoms. The quantitative estimate of drug-likeness (QED) is 0.207. The molecule has 1 heterocycles. The van der Waals surface area contributed by atoms with E-state index >= 15 is 0 Å². The van der Waals surface area contributed by atoms with Gasteiger partial charge in [-0.1, -0.05) is 6.07 Å².